The number of benzene rings is 1. The summed E-state index contributed by atoms with van der Waals surface area (Å²) in [7, 11) is 0. The highest BCUT2D eigenvalue weighted by Crippen LogP contribution is 2.37. The predicted octanol–water partition coefficient (Wildman–Crippen LogP) is 7.18. The topological polar surface area (TPSA) is 40.5 Å². The van der Waals surface area contributed by atoms with E-state index in [2.05, 4.69) is 25.7 Å². The van der Waals surface area contributed by atoms with Gasteiger partial charge in [-0.2, -0.15) is 13.2 Å². The van der Waals surface area contributed by atoms with E-state index in [1.54, 1.807) is 12.1 Å². The molecule has 1 fully saturated rings. The van der Waals surface area contributed by atoms with Gasteiger partial charge in [-0.1, -0.05) is 52.2 Å². The van der Waals surface area contributed by atoms with Crippen molar-refractivity contribution in [3.8, 4) is 0 Å². The number of nitrogens with zero attached hydrogens (tertiary/aromatic N) is 1. The van der Waals surface area contributed by atoms with Crippen molar-refractivity contribution < 1.29 is 23.1 Å². The lowest BCUT2D eigenvalue weighted by Gasteiger charge is -2.40. The fraction of sp³-hybridized carbons (Fsp3) is 0.720. The molecule has 0 aliphatic carbocycles. The minimum Gasteiger partial charge on any atom is -0.481 e. The maximum absolute atomic E-state index is 12.9. The molecule has 1 heterocycles. The van der Waals surface area contributed by atoms with Crippen LogP contribution in [0.2, 0.25) is 0 Å². The van der Waals surface area contributed by atoms with Gasteiger partial charge in [-0.15, -0.1) is 0 Å². The van der Waals surface area contributed by atoms with Crippen LogP contribution in [0.15, 0.2) is 24.3 Å². The number of carbonyl (C=O) groups is 1. The van der Waals surface area contributed by atoms with Gasteiger partial charge in [0.05, 0.1) is 5.56 Å². The number of carboxylic acids is 1. The Morgan fingerprint density at radius 3 is 2.32 bits per heavy atom. The third kappa shape index (κ3) is 8.83. The average molecular weight is 442 g/mol. The highest BCUT2D eigenvalue weighted by Gasteiger charge is 2.33. The summed E-state index contributed by atoms with van der Waals surface area (Å²) in [4.78, 5) is 13.5. The molecule has 1 aromatic carbocycles. The van der Waals surface area contributed by atoms with Crippen molar-refractivity contribution in [2.75, 3.05) is 13.1 Å². The molecule has 1 aliphatic heterocycles. The zero-order valence-corrected chi connectivity index (χ0v) is 19.1. The Bertz CT molecular complexity index is 672. The summed E-state index contributed by atoms with van der Waals surface area (Å²) in [5, 5.41) is 9.18. The summed E-state index contributed by atoms with van der Waals surface area (Å²) in [6.45, 7) is 8.50. The number of alkyl halides is 3. The number of hydrogen-bond acceptors (Lipinski definition) is 2. The normalized spacial score (nSPS) is 21.4. The van der Waals surface area contributed by atoms with Crippen LogP contribution in [0, 0.1) is 17.8 Å². The van der Waals surface area contributed by atoms with Crippen molar-refractivity contribution in [2.45, 2.75) is 84.4 Å². The molecule has 31 heavy (non-hydrogen) atoms. The first-order valence-corrected chi connectivity index (χ1v) is 11.7. The van der Waals surface area contributed by atoms with Gasteiger partial charge in [-0.3, -0.25) is 9.69 Å². The molecule has 3 atom stereocenters. The van der Waals surface area contributed by atoms with Gasteiger partial charge >= 0.3 is 12.1 Å². The lowest BCUT2D eigenvalue weighted by molar-refractivity contribution is -0.139. The molecule has 1 saturated heterocycles. The van der Waals surface area contributed by atoms with Gasteiger partial charge in [0.1, 0.15) is 0 Å². The molecule has 0 aromatic heterocycles. The Morgan fingerprint density at radius 2 is 1.74 bits per heavy atom. The van der Waals surface area contributed by atoms with Gasteiger partial charge in [0.15, 0.2) is 0 Å². The molecule has 1 N–H and O–H groups in total. The third-order valence-corrected chi connectivity index (χ3v) is 6.53. The van der Waals surface area contributed by atoms with Crippen LogP contribution < -0.4 is 0 Å². The van der Waals surface area contributed by atoms with Crippen LogP contribution in [0.1, 0.15) is 89.3 Å². The summed E-state index contributed by atoms with van der Waals surface area (Å²) < 4.78 is 38.8. The molecule has 1 aliphatic rings. The minimum absolute atomic E-state index is 0.0170. The molecule has 3 nitrogen and oxygen atoms in total. The molecule has 1 aromatic rings. The second-order valence-electron chi connectivity index (χ2n) is 9.73. The average Bonchev–Trinajstić information content (AvgIpc) is 2.67. The zero-order chi connectivity index (χ0) is 23.0. The Morgan fingerprint density at radius 1 is 1.10 bits per heavy atom. The fourth-order valence-corrected chi connectivity index (χ4v) is 4.69. The second kappa shape index (κ2) is 11.9. The van der Waals surface area contributed by atoms with Gasteiger partial charge in [0.2, 0.25) is 0 Å². The molecule has 0 radical (unpaired) electrons. The van der Waals surface area contributed by atoms with Gasteiger partial charge in [-0.05, 0) is 74.2 Å². The van der Waals surface area contributed by atoms with E-state index >= 15 is 0 Å². The number of aliphatic carboxylic acids is 1. The van der Waals surface area contributed by atoms with Gasteiger partial charge in [0.25, 0.3) is 0 Å². The fourth-order valence-electron chi connectivity index (χ4n) is 4.69. The van der Waals surface area contributed by atoms with Crippen molar-refractivity contribution in [3.63, 3.8) is 0 Å². The molecule has 0 saturated carbocycles. The number of hydrogen-bond donors (Lipinski definition) is 1. The molecule has 6 heteroatoms. The number of piperidine rings is 1. The summed E-state index contributed by atoms with van der Waals surface area (Å²) >= 11 is 0. The summed E-state index contributed by atoms with van der Waals surface area (Å²) in [6.07, 6.45) is 3.25. The Labute approximate surface area is 185 Å². The van der Waals surface area contributed by atoms with E-state index in [4.69, 9.17) is 0 Å². The standard InChI is InChI=1S/C25H38F3NO2/c1-18(2)6-4-7-19(3)8-5-14-29-15-13-20(17-24(30)31)16-23(29)21-9-11-22(12-10-21)25(26,27)28/h9-12,18-20,23H,4-8,13-17H2,1-3H3,(H,30,31)/t19-,20?,23?/m0/s1. The molecule has 0 spiro atoms. The van der Waals surface area contributed by atoms with Crippen molar-refractivity contribution in [2.24, 2.45) is 17.8 Å². The van der Waals surface area contributed by atoms with E-state index in [1.165, 1.54) is 19.3 Å². The number of likely N-dealkylation sites (tertiary alicyclic amines) is 1. The Kier molecular flexibility index (Phi) is 9.86. The van der Waals surface area contributed by atoms with E-state index in [1.807, 2.05) is 0 Å². The molecule has 0 amide bonds. The van der Waals surface area contributed by atoms with E-state index in [-0.39, 0.29) is 18.4 Å². The second-order valence-corrected chi connectivity index (χ2v) is 9.73. The maximum Gasteiger partial charge on any atom is 0.416 e. The van der Waals surface area contributed by atoms with Crippen molar-refractivity contribution in [1.82, 2.24) is 4.90 Å². The molecular formula is C25H38F3NO2. The third-order valence-electron chi connectivity index (χ3n) is 6.53. The van der Waals surface area contributed by atoms with E-state index < -0.39 is 17.7 Å². The van der Waals surface area contributed by atoms with Crippen LogP contribution in [0.25, 0.3) is 0 Å². The quantitative estimate of drug-likeness (QED) is 0.395. The lowest BCUT2D eigenvalue weighted by atomic mass is 9.84. The van der Waals surface area contributed by atoms with Gasteiger partial charge < -0.3 is 5.11 Å². The molecule has 2 rings (SSSR count). The monoisotopic (exact) mass is 441 g/mol. The Hall–Kier alpha value is -1.56. The van der Waals surface area contributed by atoms with Gasteiger partial charge in [-0.25, -0.2) is 0 Å². The van der Waals surface area contributed by atoms with Crippen LogP contribution in [0.3, 0.4) is 0 Å². The highest BCUT2D eigenvalue weighted by atomic mass is 19.4. The van der Waals surface area contributed by atoms with Crippen molar-refractivity contribution >= 4 is 5.97 Å². The molecule has 176 valence electrons. The largest absolute Gasteiger partial charge is 0.481 e. The van der Waals surface area contributed by atoms with Crippen LogP contribution >= 0.6 is 0 Å². The molecule has 0 bridgehead atoms. The SMILES string of the molecule is CC(C)CCC[C@H](C)CCCN1CCC(CC(=O)O)CC1c1ccc(C(F)(F)F)cc1. The molecule has 2 unspecified atom stereocenters. The van der Waals surface area contributed by atoms with E-state index in [9.17, 15) is 23.1 Å². The summed E-state index contributed by atoms with van der Waals surface area (Å²) in [6, 6.07) is 5.41. The highest BCUT2D eigenvalue weighted by molar-refractivity contribution is 5.67. The van der Waals surface area contributed by atoms with Crippen molar-refractivity contribution in [3.05, 3.63) is 35.4 Å². The number of halogens is 3. The number of rotatable bonds is 11. The van der Waals surface area contributed by atoms with E-state index in [0.29, 0.717) is 12.3 Å². The smallest absolute Gasteiger partial charge is 0.416 e. The minimum atomic E-state index is -4.34. The summed E-state index contributed by atoms with van der Waals surface area (Å²) in [5.74, 6) is 0.674. The maximum atomic E-state index is 12.9. The Balaban J connectivity index is 1.98. The van der Waals surface area contributed by atoms with Crippen LogP contribution in [0.5, 0.6) is 0 Å². The first-order chi connectivity index (χ1) is 14.6. The van der Waals surface area contributed by atoms with Crippen LogP contribution in [0.4, 0.5) is 13.2 Å². The lowest BCUT2D eigenvalue weighted by Crippen LogP contribution is -2.38. The van der Waals surface area contributed by atoms with E-state index in [0.717, 1.165) is 56.0 Å². The first kappa shape index (κ1) is 25.7. The van der Waals surface area contributed by atoms with Crippen molar-refractivity contribution in [1.29, 1.82) is 0 Å². The van der Waals surface area contributed by atoms with Gasteiger partial charge in [0, 0.05) is 12.5 Å². The molecular weight excluding hydrogens is 403 g/mol. The first-order valence-electron chi connectivity index (χ1n) is 11.7. The van der Waals surface area contributed by atoms with Crippen LogP contribution in [-0.4, -0.2) is 29.1 Å². The number of carboxylic acid groups (broad SMARTS) is 1. The summed E-state index contributed by atoms with van der Waals surface area (Å²) in [5.41, 5.74) is 0.212. The predicted molar refractivity (Wildman–Crippen MR) is 118 cm³/mol. The zero-order valence-electron chi connectivity index (χ0n) is 19.1. The van der Waals surface area contributed by atoms with Crippen LogP contribution in [-0.2, 0) is 11.0 Å².